The number of thioether (sulfide) groups is 1. The fourth-order valence-electron chi connectivity index (χ4n) is 2.08. The van der Waals surface area contributed by atoms with Crippen molar-refractivity contribution in [3.05, 3.63) is 12.1 Å². The minimum atomic E-state index is 0.497. The van der Waals surface area contributed by atoms with Gasteiger partial charge >= 0.3 is 0 Å². The van der Waals surface area contributed by atoms with Gasteiger partial charge in [-0.15, -0.1) is 0 Å². The van der Waals surface area contributed by atoms with Gasteiger partial charge in [-0.25, -0.2) is 4.63 Å². The molecular weight excluding hydrogens is 236 g/mol. The van der Waals surface area contributed by atoms with Crippen molar-refractivity contribution in [1.82, 2.24) is 10.3 Å². The topological polar surface area (TPSA) is 77.0 Å². The molecular formula is C11H14N4OS. The Morgan fingerprint density at radius 1 is 1.35 bits per heavy atom. The molecule has 3 rings (SSSR count). The summed E-state index contributed by atoms with van der Waals surface area (Å²) < 4.78 is 4.75. The van der Waals surface area contributed by atoms with E-state index in [0.29, 0.717) is 17.2 Å². The highest BCUT2D eigenvalue weighted by atomic mass is 32.2. The van der Waals surface area contributed by atoms with E-state index in [1.807, 2.05) is 23.9 Å². The second-order valence-electron chi connectivity index (χ2n) is 4.22. The van der Waals surface area contributed by atoms with E-state index in [-0.39, 0.29) is 0 Å². The molecule has 1 fully saturated rings. The Labute approximate surface area is 103 Å². The molecule has 1 aliphatic heterocycles. The van der Waals surface area contributed by atoms with Gasteiger partial charge in [0.15, 0.2) is 11.0 Å². The second kappa shape index (κ2) is 4.44. The molecule has 90 valence electrons. The third kappa shape index (κ3) is 2.04. The van der Waals surface area contributed by atoms with Crippen molar-refractivity contribution in [3.63, 3.8) is 0 Å². The van der Waals surface area contributed by atoms with Gasteiger partial charge in [-0.1, -0.05) is 0 Å². The van der Waals surface area contributed by atoms with Crippen LogP contribution in [0.2, 0.25) is 0 Å². The quantitative estimate of drug-likeness (QED) is 0.795. The van der Waals surface area contributed by atoms with Gasteiger partial charge in [0.05, 0.1) is 11.4 Å². The number of rotatable bonds is 2. The van der Waals surface area contributed by atoms with Crippen LogP contribution in [0.15, 0.2) is 16.8 Å². The molecule has 1 aromatic heterocycles. The number of nitrogen functional groups attached to an aromatic ring is 1. The fourth-order valence-corrected chi connectivity index (χ4v) is 3.15. The number of fused-ring (bicyclic) bond motifs is 1. The summed E-state index contributed by atoms with van der Waals surface area (Å²) in [5.74, 6) is 2.40. The van der Waals surface area contributed by atoms with Gasteiger partial charge in [0.2, 0.25) is 0 Å². The Hall–Kier alpha value is -1.43. The Bertz CT molecular complexity index is 521. The SMILES string of the molecule is Nc1ccc(NC2CCCSC2)c2nonc12. The number of anilines is 2. The molecule has 0 amide bonds. The van der Waals surface area contributed by atoms with Crippen LogP contribution in [0.25, 0.3) is 11.0 Å². The summed E-state index contributed by atoms with van der Waals surface area (Å²) in [6.45, 7) is 0. The molecule has 0 aliphatic carbocycles. The lowest BCUT2D eigenvalue weighted by atomic mass is 10.1. The van der Waals surface area contributed by atoms with Crippen molar-refractivity contribution in [1.29, 1.82) is 0 Å². The lowest BCUT2D eigenvalue weighted by Crippen LogP contribution is -2.25. The van der Waals surface area contributed by atoms with E-state index >= 15 is 0 Å². The zero-order valence-electron chi connectivity index (χ0n) is 9.35. The van der Waals surface area contributed by atoms with Crippen LogP contribution < -0.4 is 11.1 Å². The minimum Gasteiger partial charge on any atom is -0.397 e. The summed E-state index contributed by atoms with van der Waals surface area (Å²) in [6.07, 6.45) is 2.46. The highest BCUT2D eigenvalue weighted by Gasteiger charge is 2.16. The minimum absolute atomic E-state index is 0.497. The predicted octanol–water partition coefficient (Wildman–Crippen LogP) is 2.11. The van der Waals surface area contributed by atoms with Gasteiger partial charge in [0.1, 0.15) is 0 Å². The maximum absolute atomic E-state index is 5.81. The Morgan fingerprint density at radius 3 is 3.06 bits per heavy atom. The summed E-state index contributed by atoms with van der Waals surface area (Å²) in [4.78, 5) is 0. The molecule has 5 nitrogen and oxygen atoms in total. The lowest BCUT2D eigenvalue weighted by molar-refractivity contribution is 0.315. The average molecular weight is 250 g/mol. The molecule has 0 saturated carbocycles. The number of hydrogen-bond acceptors (Lipinski definition) is 6. The molecule has 2 aromatic rings. The van der Waals surface area contributed by atoms with Gasteiger partial charge < -0.3 is 11.1 Å². The molecule has 2 heterocycles. The van der Waals surface area contributed by atoms with Crippen molar-refractivity contribution in [2.75, 3.05) is 22.6 Å². The molecule has 1 aromatic carbocycles. The standard InChI is InChI=1S/C11H14N4OS/c12-8-3-4-9(11-10(8)14-16-15-11)13-7-2-1-5-17-6-7/h3-4,7,13H,1-2,5-6,12H2. The molecule has 0 bridgehead atoms. The van der Waals surface area contributed by atoms with Gasteiger partial charge in [0.25, 0.3) is 0 Å². The highest BCUT2D eigenvalue weighted by Crippen LogP contribution is 2.28. The molecule has 1 aliphatic rings. The first-order chi connectivity index (χ1) is 8.34. The maximum Gasteiger partial charge on any atom is 0.160 e. The summed E-state index contributed by atoms with van der Waals surface area (Å²) in [5, 5.41) is 11.2. The molecule has 17 heavy (non-hydrogen) atoms. The van der Waals surface area contributed by atoms with E-state index in [0.717, 1.165) is 17.0 Å². The molecule has 1 saturated heterocycles. The van der Waals surface area contributed by atoms with Crippen molar-refractivity contribution >= 4 is 34.2 Å². The summed E-state index contributed by atoms with van der Waals surface area (Å²) in [5.41, 5.74) is 8.73. The second-order valence-corrected chi connectivity index (χ2v) is 5.37. The van der Waals surface area contributed by atoms with Crippen LogP contribution in [0.4, 0.5) is 11.4 Å². The Balaban J connectivity index is 1.89. The number of benzene rings is 1. The highest BCUT2D eigenvalue weighted by molar-refractivity contribution is 7.99. The number of nitrogens with one attached hydrogen (secondary N) is 1. The largest absolute Gasteiger partial charge is 0.397 e. The van der Waals surface area contributed by atoms with Crippen molar-refractivity contribution < 1.29 is 4.63 Å². The first kappa shape index (κ1) is 10.7. The van der Waals surface area contributed by atoms with Crippen LogP contribution in [-0.2, 0) is 0 Å². The van der Waals surface area contributed by atoms with Crippen LogP contribution in [0.3, 0.4) is 0 Å². The molecule has 0 spiro atoms. The van der Waals surface area contributed by atoms with Gasteiger partial charge in [0, 0.05) is 11.8 Å². The summed E-state index contributed by atoms with van der Waals surface area (Å²) in [7, 11) is 0. The predicted molar refractivity (Wildman–Crippen MR) is 70.2 cm³/mol. The van der Waals surface area contributed by atoms with Crippen molar-refractivity contribution in [2.45, 2.75) is 18.9 Å². The molecule has 0 radical (unpaired) electrons. The monoisotopic (exact) mass is 250 g/mol. The number of hydrogen-bond donors (Lipinski definition) is 2. The Morgan fingerprint density at radius 2 is 2.24 bits per heavy atom. The normalized spacial score (nSPS) is 20.6. The molecule has 1 atom stereocenters. The van der Waals surface area contributed by atoms with Gasteiger partial charge in [-0.3, -0.25) is 0 Å². The first-order valence-electron chi connectivity index (χ1n) is 5.69. The van der Waals surface area contributed by atoms with Crippen LogP contribution in [0, 0.1) is 0 Å². The third-order valence-electron chi connectivity index (χ3n) is 2.97. The van der Waals surface area contributed by atoms with Gasteiger partial charge in [-0.2, -0.15) is 11.8 Å². The average Bonchev–Trinajstić information content (AvgIpc) is 2.84. The number of aromatic nitrogens is 2. The van der Waals surface area contributed by atoms with Crippen LogP contribution in [0.5, 0.6) is 0 Å². The fraction of sp³-hybridized carbons (Fsp3) is 0.455. The lowest BCUT2D eigenvalue weighted by Gasteiger charge is -2.23. The van der Waals surface area contributed by atoms with Crippen LogP contribution in [-0.4, -0.2) is 27.9 Å². The number of nitrogens with zero attached hydrogens (tertiary/aromatic N) is 2. The van der Waals surface area contributed by atoms with E-state index in [9.17, 15) is 0 Å². The zero-order chi connectivity index (χ0) is 11.7. The maximum atomic E-state index is 5.81. The summed E-state index contributed by atoms with van der Waals surface area (Å²) in [6, 6.07) is 4.28. The van der Waals surface area contributed by atoms with E-state index in [1.54, 1.807) is 0 Å². The molecule has 6 heteroatoms. The van der Waals surface area contributed by atoms with Crippen LogP contribution >= 0.6 is 11.8 Å². The molecule has 3 N–H and O–H groups in total. The first-order valence-corrected chi connectivity index (χ1v) is 6.85. The van der Waals surface area contributed by atoms with E-state index in [2.05, 4.69) is 15.6 Å². The van der Waals surface area contributed by atoms with E-state index < -0.39 is 0 Å². The van der Waals surface area contributed by atoms with E-state index in [4.69, 9.17) is 10.4 Å². The van der Waals surface area contributed by atoms with Crippen molar-refractivity contribution in [2.24, 2.45) is 0 Å². The van der Waals surface area contributed by atoms with Gasteiger partial charge in [-0.05, 0) is 41.0 Å². The Kier molecular flexibility index (Phi) is 2.80. The van der Waals surface area contributed by atoms with Crippen molar-refractivity contribution in [3.8, 4) is 0 Å². The van der Waals surface area contributed by atoms with E-state index in [1.165, 1.54) is 18.6 Å². The molecule has 1 unspecified atom stereocenters. The third-order valence-corrected chi connectivity index (χ3v) is 4.18. The smallest absolute Gasteiger partial charge is 0.160 e. The number of nitrogens with two attached hydrogens (primary N) is 1. The zero-order valence-corrected chi connectivity index (χ0v) is 10.2. The summed E-state index contributed by atoms with van der Waals surface area (Å²) >= 11 is 1.99. The van der Waals surface area contributed by atoms with Crippen LogP contribution in [0.1, 0.15) is 12.8 Å².